The molecule has 5 heteroatoms. The van der Waals surface area contributed by atoms with Gasteiger partial charge in [-0.05, 0) is 30.2 Å². The van der Waals surface area contributed by atoms with Gasteiger partial charge in [0.2, 0.25) is 0 Å². The maximum absolute atomic E-state index is 13.1. The van der Waals surface area contributed by atoms with E-state index in [1.165, 1.54) is 4.90 Å². The molecule has 0 aromatic heterocycles. The number of hydrogen-bond donors (Lipinski definition) is 1. The fraction of sp³-hybridized carbons (Fsp3) is 0.154. The Balaban J connectivity index is 1.85. The van der Waals surface area contributed by atoms with Crippen LogP contribution in [-0.2, 0) is 16.1 Å². The molecule has 1 atom stereocenters. The summed E-state index contributed by atoms with van der Waals surface area (Å²) in [5.41, 5.74) is 3.26. The molecule has 1 fully saturated rings. The van der Waals surface area contributed by atoms with Crippen molar-refractivity contribution >= 4 is 17.4 Å². The number of hydrogen-bond acceptors (Lipinski definition) is 4. The van der Waals surface area contributed by atoms with Crippen LogP contribution in [0.15, 0.2) is 84.4 Å². The number of aryl methyl sites for hydroxylation is 1. The monoisotopic (exact) mass is 413 g/mol. The lowest BCUT2D eigenvalue weighted by Crippen LogP contribution is -2.29. The van der Waals surface area contributed by atoms with E-state index in [4.69, 9.17) is 4.74 Å². The van der Waals surface area contributed by atoms with Crippen LogP contribution >= 0.6 is 0 Å². The number of ketones is 1. The minimum atomic E-state index is -0.701. The van der Waals surface area contributed by atoms with Gasteiger partial charge in [-0.3, -0.25) is 9.59 Å². The molecule has 1 heterocycles. The molecule has 0 bridgehead atoms. The van der Waals surface area contributed by atoms with E-state index in [1.807, 2.05) is 61.5 Å². The van der Waals surface area contributed by atoms with E-state index in [2.05, 4.69) is 0 Å². The molecule has 1 aliphatic rings. The highest BCUT2D eigenvalue weighted by Crippen LogP contribution is 2.40. The maximum Gasteiger partial charge on any atom is 0.295 e. The molecule has 5 nitrogen and oxygen atoms in total. The normalized spacial score (nSPS) is 17.7. The average Bonchev–Trinajstić information content (AvgIpc) is 3.05. The van der Waals surface area contributed by atoms with Gasteiger partial charge in [0.1, 0.15) is 11.5 Å². The summed E-state index contributed by atoms with van der Waals surface area (Å²) >= 11 is 0. The number of rotatable bonds is 5. The maximum atomic E-state index is 13.1. The molecular weight excluding hydrogens is 390 g/mol. The van der Waals surface area contributed by atoms with Gasteiger partial charge < -0.3 is 14.7 Å². The van der Waals surface area contributed by atoms with Gasteiger partial charge in [0.15, 0.2) is 0 Å². The van der Waals surface area contributed by atoms with Crippen molar-refractivity contribution in [3.63, 3.8) is 0 Å². The number of Topliss-reactive ketones (excluding diaryl/α,β-unsaturated/α-hetero) is 1. The first-order valence-corrected chi connectivity index (χ1v) is 10.0. The van der Waals surface area contributed by atoms with E-state index in [-0.39, 0.29) is 17.9 Å². The van der Waals surface area contributed by atoms with Crippen LogP contribution in [0.3, 0.4) is 0 Å². The number of methoxy groups -OCH3 is 1. The Morgan fingerprint density at radius 1 is 0.935 bits per heavy atom. The number of aliphatic hydroxyl groups is 1. The third-order valence-electron chi connectivity index (χ3n) is 5.49. The summed E-state index contributed by atoms with van der Waals surface area (Å²) in [6.45, 7) is 2.20. The van der Waals surface area contributed by atoms with Crippen molar-refractivity contribution in [2.45, 2.75) is 19.5 Å². The van der Waals surface area contributed by atoms with Gasteiger partial charge in [-0.1, -0.05) is 72.3 Å². The molecule has 1 aliphatic heterocycles. The van der Waals surface area contributed by atoms with Crippen molar-refractivity contribution in [2.24, 2.45) is 0 Å². The highest BCUT2D eigenvalue weighted by Gasteiger charge is 2.46. The van der Waals surface area contributed by atoms with Crippen LogP contribution in [0.5, 0.6) is 5.75 Å². The van der Waals surface area contributed by atoms with E-state index in [9.17, 15) is 14.7 Å². The van der Waals surface area contributed by atoms with Gasteiger partial charge in [-0.2, -0.15) is 0 Å². The van der Waals surface area contributed by atoms with Crippen LogP contribution in [0.25, 0.3) is 5.76 Å². The van der Waals surface area contributed by atoms with Crippen LogP contribution in [0.4, 0.5) is 0 Å². The van der Waals surface area contributed by atoms with Crippen LogP contribution in [-0.4, -0.2) is 28.8 Å². The van der Waals surface area contributed by atoms with E-state index >= 15 is 0 Å². The Bertz CT molecular complexity index is 1130. The number of likely N-dealkylation sites (tertiary alicyclic amines) is 1. The lowest BCUT2D eigenvalue weighted by Gasteiger charge is -2.25. The number of carbonyl (C=O) groups excluding carboxylic acids is 2. The van der Waals surface area contributed by atoms with Crippen LogP contribution < -0.4 is 4.74 Å². The number of ether oxygens (including phenoxy) is 1. The van der Waals surface area contributed by atoms with Gasteiger partial charge >= 0.3 is 0 Å². The number of amides is 1. The number of benzene rings is 3. The summed E-state index contributed by atoms with van der Waals surface area (Å²) in [6, 6.07) is 23.2. The molecule has 0 radical (unpaired) electrons. The summed E-state index contributed by atoms with van der Waals surface area (Å²) in [4.78, 5) is 27.6. The number of aliphatic hydroxyl groups excluding tert-OH is 1. The predicted octanol–water partition coefficient (Wildman–Crippen LogP) is 4.63. The molecule has 1 saturated heterocycles. The van der Waals surface area contributed by atoms with E-state index in [1.54, 1.807) is 31.4 Å². The first-order chi connectivity index (χ1) is 15.0. The fourth-order valence-corrected chi connectivity index (χ4v) is 3.82. The Kier molecular flexibility index (Phi) is 5.58. The Morgan fingerprint density at radius 3 is 2.19 bits per heavy atom. The third-order valence-corrected chi connectivity index (χ3v) is 5.49. The molecule has 1 unspecified atom stereocenters. The lowest BCUT2D eigenvalue weighted by molar-refractivity contribution is -0.140. The SMILES string of the molecule is COc1ccc(C2/C(=C(/O)c3ccc(C)cc3)C(=O)C(=O)N2Cc2ccccc2)cc1. The summed E-state index contributed by atoms with van der Waals surface area (Å²) in [5, 5.41) is 11.1. The third kappa shape index (κ3) is 3.94. The second kappa shape index (κ2) is 8.48. The van der Waals surface area contributed by atoms with Gasteiger partial charge in [0.05, 0.1) is 18.7 Å². The quantitative estimate of drug-likeness (QED) is 0.376. The first-order valence-electron chi connectivity index (χ1n) is 10.0. The largest absolute Gasteiger partial charge is 0.507 e. The summed E-state index contributed by atoms with van der Waals surface area (Å²) in [5.74, 6) is -0.815. The number of carbonyl (C=O) groups is 2. The van der Waals surface area contributed by atoms with Crippen molar-refractivity contribution in [2.75, 3.05) is 7.11 Å². The average molecular weight is 413 g/mol. The smallest absolute Gasteiger partial charge is 0.295 e. The minimum Gasteiger partial charge on any atom is -0.507 e. The Hall–Kier alpha value is -3.86. The van der Waals surface area contributed by atoms with Gasteiger partial charge in [0.25, 0.3) is 11.7 Å². The van der Waals surface area contributed by atoms with Crippen LogP contribution in [0.1, 0.15) is 28.3 Å². The zero-order valence-electron chi connectivity index (χ0n) is 17.4. The van der Waals surface area contributed by atoms with Crippen molar-refractivity contribution in [1.29, 1.82) is 0 Å². The van der Waals surface area contributed by atoms with Crippen molar-refractivity contribution in [3.05, 3.63) is 107 Å². The molecule has 0 spiro atoms. The molecule has 31 heavy (non-hydrogen) atoms. The predicted molar refractivity (Wildman–Crippen MR) is 118 cm³/mol. The van der Waals surface area contributed by atoms with Crippen LogP contribution in [0.2, 0.25) is 0 Å². The molecule has 1 amide bonds. The van der Waals surface area contributed by atoms with Crippen molar-refractivity contribution < 1.29 is 19.4 Å². The highest BCUT2D eigenvalue weighted by molar-refractivity contribution is 6.46. The zero-order valence-corrected chi connectivity index (χ0v) is 17.4. The Morgan fingerprint density at radius 2 is 1.58 bits per heavy atom. The first kappa shape index (κ1) is 20.4. The molecule has 0 saturated carbocycles. The standard InChI is InChI=1S/C26H23NO4/c1-17-8-10-20(11-9-17)24(28)22-23(19-12-14-21(31-2)15-13-19)27(26(30)25(22)29)16-18-6-4-3-5-7-18/h3-15,23,28H,16H2,1-2H3/b24-22-. The molecule has 3 aromatic carbocycles. The van der Waals surface area contributed by atoms with E-state index in [0.29, 0.717) is 11.3 Å². The van der Waals surface area contributed by atoms with E-state index < -0.39 is 17.7 Å². The second-order valence-electron chi connectivity index (χ2n) is 7.55. The molecule has 0 aliphatic carbocycles. The van der Waals surface area contributed by atoms with Crippen LogP contribution in [0, 0.1) is 6.92 Å². The highest BCUT2D eigenvalue weighted by atomic mass is 16.5. The second-order valence-corrected chi connectivity index (χ2v) is 7.55. The number of nitrogens with zero attached hydrogens (tertiary/aromatic N) is 1. The summed E-state index contributed by atoms with van der Waals surface area (Å²) < 4.78 is 5.24. The summed E-state index contributed by atoms with van der Waals surface area (Å²) in [7, 11) is 1.58. The Labute approximate surface area is 181 Å². The molecular formula is C26H23NO4. The van der Waals surface area contributed by atoms with Crippen molar-refractivity contribution in [1.82, 2.24) is 4.90 Å². The van der Waals surface area contributed by atoms with Gasteiger partial charge in [-0.25, -0.2) is 0 Å². The van der Waals surface area contributed by atoms with Gasteiger partial charge in [-0.15, -0.1) is 0 Å². The van der Waals surface area contributed by atoms with Crippen molar-refractivity contribution in [3.8, 4) is 5.75 Å². The fourth-order valence-electron chi connectivity index (χ4n) is 3.82. The minimum absolute atomic E-state index is 0.0925. The zero-order chi connectivity index (χ0) is 22.0. The molecule has 1 N–H and O–H groups in total. The molecule has 3 aromatic rings. The summed E-state index contributed by atoms with van der Waals surface area (Å²) in [6.07, 6.45) is 0. The molecule has 4 rings (SSSR count). The molecule has 156 valence electrons. The van der Waals surface area contributed by atoms with Gasteiger partial charge in [0, 0.05) is 12.1 Å². The van der Waals surface area contributed by atoms with E-state index in [0.717, 1.165) is 16.7 Å². The lowest BCUT2D eigenvalue weighted by atomic mass is 9.95. The topological polar surface area (TPSA) is 66.8 Å².